The van der Waals surface area contributed by atoms with Crippen LogP contribution in [-0.2, 0) is 11.3 Å². The van der Waals surface area contributed by atoms with E-state index in [9.17, 15) is 9.18 Å². The van der Waals surface area contributed by atoms with E-state index >= 15 is 0 Å². The zero-order chi connectivity index (χ0) is 20.2. The number of nitrogens with zero attached hydrogens (tertiary/aromatic N) is 2. The zero-order valence-corrected chi connectivity index (χ0v) is 17.3. The average Bonchev–Trinajstić information content (AvgIpc) is 3.23. The van der Waals surface area contributed by atoms with Crippen LogP contribution in [0.2, 0.25) is 5.02 Å². The Morgan fingerprint density at radius 1 is 1.17 bits per heavy atom. The fourth-order valence-electron chi connectivity index (χ4n) is 3.43. The van der Waals surface area contributed by atoms with Gasteiger partial charge >= 0.3 is 0 Å². The molecule has 0 fully saturated rings. The molecule has 0 spiro atoms. The lowest BCUT2D eigenvalue weighted by atomic mass is 9.93. The summed E-state index contributed by atoms with van der Waals surface area (Å²) in [5.74, 6) is -0.300. The van der Waals surface area contributed by atoms with Gasteiger partial charge in [0, 0.05) is 21.9 Å². The summed E-state index contributed by atoms with van der Waals surface area (Å²) < 4.78 is 13.3. The van der Waals surface area contributed by atoms with E-state index in [1.54, 1.807) is 17.0 Å². The Bertz CT molecular complexity index is 1030. The number of aromatic nitrogens is 1. The third-order valence-corrected chi connectivity index (χ3v) is 6.20. The quantitative estimate of drug-likeness (QED) is 0.437. The molecule has 3 nitrogen and oxygen atoms in total. The molecule has 1 atom stereocenters. The average molecular weight is 427 g/mol. The summed E-state index contributed by atoms with van der Waals surface area (Å²) in [5, 5.41) is 3.17. The highest BCUT2D eigenvalue weighted by molar-refractivity contribution is 7.14. The molecule has 4 rings (SSSR count). The molecule has 1 aliphatic rings. The number of amides is 1. The fourth-order valence-corrected chi connectivity index (χ4v) is 4.49. The predicted molar refractivity (Wildman–Crippen MR) is 117 cm³/mol. The highest BCUT2D eigenvalue weighted by Crippen LogP contribution is 2.34. The molecule has 148 valence electrons. The Hall–Kier alpha value is -2.50. The van der Waals surface area contributed by atoms with Gasteiger partial charge in [0.25, 0.3) is 0 Å². The van der Waals surface area contributed by atoms with Crippen molar-refractivity contribution in [3.63, 3.8) is 0 Å². The summed E-state index contributed by atoms with van der Waals surface area (Å²) >= 11 is 7.74. The van der Waals surface area contributed by atoms with Gasteiger partial charge in [0.2, 0.25) is 5.91 Å². The number of carbonyl (C=O) groups is 1. The molecule has 0 saturated carbocycles. The molecule has 1 unspecified atom stereocenters. The highest BCUT2D eigenvalue weighted by Gasteiger charge is 2.27. The molecule has 1 aromatic heterocycles. The van der Waals surface area contributed by atoms with Gasteiger partial charge in [-0.15, -0.1) is 11.3 Å². The molecule has 0 bridgehead atoms. The molecule has 3 aromatic rings. The Balaban J connectivity index is 1.66. The van der Waals surface area contributed by atoms with Gasteiger partial charge < -0.3 is 0 Å². The molecule has 1 amide bonds. The number of benzene rings is 2. The van der Waals surface area contributed by atoms with Crippen LogP contribution in [0.15, 0.2) is 66.1 Å². The molecule has 0 radical (unpaired) electrons. The van der Waals surface area contributed by atoms with Crippen LogP contribution in [0.3, 0.4) is 0 Å². The summed E-state index contributed by atoms with van der Waals surface area (Å²) in [6, 6.07) is 13.8. The number of halogens is 2. The molecule has 1 heterocycles. The van der Waals surface area contributed by atoms with Gasteiger partial charge in [0.05, 0.1) is 12.2 Å². The maximum Gasteiger partial charge on any atom is 0.232 e. The lowest BCUT2D eigenvalue weighted by Gasteiger charge is -2.26. The minimum absolute atomic E-state index is 0.0544. The van der Waals surface area contributed by atoms with Crippen molar-refractivity contribution in [1.82, 2.24) is 4.98 Å². The van der Waals surface area contributed by atoms with Crippen LogP contribution < -0.4 is 4.90 Å². The van der Waals surface area contributed by atoms with Crippen molar-refractivity contribution >= 4 is 34.0 Å². The van der Waals surface area contributed by atoms with Crippen LogP contribution in [0.5, 0.6) is 0 Å². The highest BCUT2D eigenvalue weighted by atomic mass is 35.5. The maximum absolute atomic E-state index is 13.3. The van der Waals surface area contributed by atoms with E-state index in [0.717, 1.165) is 36.1 Å². The number of rotatable bonds is 5. The van der Waals surface area contributed by atoms with Crippen molar-refractivity contribution in [3.8, 4) is 11.3 Å². The molecule has 0 aliphatic heterocycles. The van der Waals surface area contributed by atoms with Crippen molar-refractivity contribution in [2.24, 2.45) is 5.92 Å². The Morgan fingerprint density at radius 3 is 2.69 bits per heavy atom. The van der Waals surface area contributed by atoms with Gasteiger partial charge in [-0.2, -0.15) is 0 Å². The summed E-state index contributed by atoms with van der Waals surface area (Å²) in [7, 11) is 0. The molecule has 0 saturated heterocycles. The Kier molecular flexibility index (Phi) is 6.07. The minimum Gasteiger partial charge on any atom is -0.283 e. The predicted octanol–water partition coefficient (Wildman–Crippen LogP) is 6.49. The second-order valence-electron chi connectivity index (χ2n) is 7.03. The van der Waals surface area contributed by atoms with Crippen LogP contribution in [0.4, 0.5) is 9.52 Å². The van der Waals surface area contributed by atoms with Crippen LogP contribution in [0.1, 0.15) is 24.8 Å². The lowest BCUT2D eigenvalue weighted by Crippen LogP contribution is -2.36. The molecule has 29 heavy (non-hydrogen) atoms. The van der Waals surface area contributed by atoms with Crippen LogP contribution in [-0.4, -0.2) is 10.9 Å². The lowest BCUT2D eigenvalue weighted by molar-refractivity contribution is -0.122. The molecular weight excluding hydrogens is 407 g/mol. The summed E-state index contributed by atoms with van der Waals surface area (Å²) in [5.41, 5.74) is 2.45. The van der Waals surface area contributed by atoms with E-state index in [0.29, 0.717) is 16.7 Å². The van der Waals surface area contributed by atoms with E-state index in [2.05, 4.69) is 12.2 Å². The first-order chi connectivity index (χ1) is 14.1. The van der Waals surface area contributed by atoms with Gasteiger partial charge in [-0.25, -0.2) is 9.37 Å². The molecule has 6 heteroatoms. The van der Waals surface area contributed by atoms with Gasteiger partial charge in [-0.1, -0.05) is 54.1 Å². The first-order valence-corrected chi connectivity index (χ1v) is 10.8. The van der Waals surface area contributed by atoms with Crippen molar-refractivity contribution in [2.75, 3.05) is 4.90 Å². The second kappa shape index (κ2) is 8.89. The van der Waals surface area contributed by atoms with Crippen LogP contribution in [0, 0.1) is 11.7 Å². The number of hydrogen-bond donors (Lipinski definition) is 0. The summed E-state index contributed by atoms with van der Waals surface area (Å²) in [4.78, 5) is 19.8. The first kappa shape index (κ1) is 19.8. The molecule has 1 aliphatic carbocycles. The SMILES string of the molecule is O=C(C1CC=CCC1)N(Cc1ccc(F)cc1)c1nc(-c2ccccc2Cl)cs1. The van der Waals surface area contributed by atoms with Crippen molar-refractivity contribution in [3.05, 3.63) is 82.5 Å². The Morgan fingerprint density at radius 2 is 1.97 bits per heavy atom. The fraction of sp³-hybridized carbons (Fsp3) is 0.217. The third kappa shape index (κ3) is 4.57. The molecular formula is C23H20ClFN2OS. The van der Waals surface area contributed by atoms with Crippen LogP contribution >= 0.6 is 22.9 Å². The van der Waals surface area contributed by atoms with Crippen molar-refractivity contribution in [2.45, 2.75) is 25.8 Å². The number of hydrogen-bond acceptors (Lipinski definition) is 3. The van der Waals surface area contributed by atoms with Gasteiger partial charge in [0.1, 0.15) is 5.82 Å². The third-order valence-electron chi connectivity index (χ3n) is 5.01. The van der Waals surface area contributed by atoms with Crippen molar-refractivity contribution < 1.29 is 9.18 Å². The number of allylic oxidation sites excluding steroid dienone is 2. The smallest absolute Gasteiger partial charge is 0.232 e. The molecule has 2 aromatic carbocycles. The van der Waals surface area contributed by atoms with E-state index in [4.69, 9.17) is 16.6 Å². The Labute approximate surface area is 178 Å². The maximum atomic E-state index is 13.3. The topological polar surface area (TPSA) is 33.2 Å². The zero-order valence-electron chi connectivity index (χ0n) is 15.7. The van der Waals surface area contributed by atoms with E-state index in [1.165, 1.54) is 23.5 Å². The van der Waals surface area contributed by atoms with E-state index in [-0.39, 0.29) is 17.6 Å². The largest absolute Gasteiger partial charge is 0.283 e. The number of carbonyl (C=O) groups excluding carboxylic acids is 1. The number of anilines is 1. The minimum atomic E-state index is -0.292. The monoisotopic (exact) mass is 426 g/mol. The second-order valence-corrected chi connectivity index (χ2v) is 8.27. The van der Waals surface area contributed by atoms with Gasteiger partial charge in [-0.3, -0.25) is 9.69 Å². The number of thiazole rings is 1. The van der Waals surface area contributed by atoms with E-state index in [1.807, 2.05) is 29.6 Å². The molecule has 0 N–H and O–H groups in total. The van der Waals surface area contributed by atoms with Crippen LogP contribution in [0.25, 0.3) is 11.3 Å². The van der Waals surface area contributed by atoms with Crippen molar-refractivity contribution in [1.29, 1.82) is 0 Å². The summed E-state index contributed by atoms with van der Waals surface area (Å²) in [6.45, 7) is 0.356. The first-order valence-electron chi connectivity index (χ1n) is 9.53. The van der Waals surface area contributed by atoms with Gasteiger partial charge in [-0.05, 0) is 43.0 Å². The van der Waals surface area contributed by atoms with E-state index < -0.39 is 0 Å². The summed E-state index contributed by atoms with van der Waals surface area (Å²) in [6.07, 6.45) is 6.66. The van der Waals surface area contributed by atoms with Gasteiger partial charge in [0.15, 0.2) is 5.13 Å². The standard InChI is InChI=1S/C23H20ClFN2OS/c24-20-9-5-4-8-19(20)21-15-29-23(26-21)27(14-16-10-12-18(25)13-11-16)22(28)17-6-2-1-3-7-17/h1-2,4-5,8-13,15,17H,3,6-7,14H2. The normalized spacial score (nSPS) is 16.0.